The zero-order valence-electron chi connectivity index (χ0n) is 15.0. The van der Waals surface area contributed by atoms with Gasteiger partial charge in [0.05, 0.1) is 5.41 Å². The molecule has 1 saturated heterocycles. The lowest BCUT2D eigenvalue weighted by atomic mass is 9.74. The number of benzene rings is 2. The van der Waals surface area contributed by atoms with Crippen molar-refractivity contribution in [2.75, 3.05) is 25.2 Å². The predicted molar refractivity (Wildman–Crippen MR) is 100 cm³/mol. The number of primary amides is 1. The number of carbonyl (C=O) groups is 2. The Morgan fingerprint density at radius 1 is 1.12 bits per heavy atom. The molecule has 2 aliphatic rings. The lowest BCUT2D eigenvalue weighted by molar-refractivity contribution is -0.126. The fourth-order valence-corrected chi connectivity index (χ4v) is 4.21. The molecular formula is C21H22N2O3. The third kappa shape index (κ3) is 2.35. The Hall–Kier alpha value is -2.66. The van der Waals surface area contributed by atoms with Crippen molar-refractivity contribution >= 4 is 17.5 Å². The summed E-state index contributed by atoms with van der Waals surface area (Å²) in [6, 6.07) is 11.8. The van der Waals surface area contributed by atoms with Gasteiger partial charge in [-0.25, -0.2) is 0 Å². The SMILES string of the molecule is Cc1ccc(-c2ccc3c(c2)C2(CCOCC2)C(=O)N3C)cc1C(N)=O. The maximum absolute atomic E-state index is 13.0. The minimum Gasteiger partial charge on any atom is -0.381 e. The molecule has 26 heavy (non-hydrogen) atoms. The number of carbonyl (C=O) groups excluding carboxylic acids is 2. The Kier molecular flexibility index (Phi) is 3.84. The molecule has 0 atom stereocenters. The number of hydrogen-bond donors (Lipinski definition) is 1. The summed E-state index contributed by atoms with van der Waals surface area (Å²) in [4.78, 5) is 26.4. The van der Waals surface area contributed by atoms with Crippen LogP contribution in [0.2, 0.25) is 0 Å². The van der Waals surface area contributed by atoms with Crippen LogP contribution in [0.4, 0.5) is 5.69 Å². The molecule has 0 bridgehead atoms. The van der Waals surface area contributed by atoms with Crippen molar-refractivity contribution < 1.29 is 14.3 Å². The summed E-state index contributed by atoms with van der Waals surface area (Å²) in [5.41, 5.74) is 10.3. The van der Waals surface area contributed by atoms with Crippen LogP contribution in [0, 0.1) is 6.92 Å². The fraction of sp³-hybridized carbons (Fsp3) is 0.333. The van der Waals surface area contributed by atoms with Gasteiger partial charge in [0.25, 0.3) is 0 Å². The Morgan fingerprint density at radius 2 is 1.77 bits per heavy atom. The highest BCUT2D eigenvalue weighted by molar-refractivity contribution is 6.08. The number of likely N-dealkylation sites (N-methyl/N-ethyl adjacent to an activating group) is 1. The summed E-state index contributed by atoms with van der Waals surface area (Å²) in [5, 5.41) is 0. The molecule has 2 aliphatic heterocycles. The van der Waals surface area contributed by atoms with Crippen molar-refractivity contribution in [3.63, 3.8) is 0 Å². The van der Waals surface area contributed by atoms with Crippen molar-refractivity contribution in [3.8, 4) is 11.1 Å². The molecule has 0 aliphatic carbocycles. The van der Waals surface area contributed by atoms with E-state index < -0.39 is 11.3 Å². The average molecular weight is 350 g/mol. The first-order chi connectivity index (χ1) is 12.4. The molecule has 0 saturated carbocycles. The van der Waals surface area contributed by atoms with Gasteiger partial charge in [0.2, 0.25) is 11.8 Å². The van der Waals surface area contributed by atoms with Gasteiger partial charge in [0, 0.05) is 31.5 Å². The quantitative estimate of drug-likeness (QED) is 0.905. The van der Waals surface area contributed by atoms with Gasteiger partial charge >= 0.3 is 0 Å². The lowest BCUT2D eigenvalue weighted by Gasteiger charge is -2.32. The third-order valence-electron chi connectivity index (χ3n) is 5.77. The molecule has 4 rings (SSSR count). The summed E-state index contributed by atoms with van der Waals surface area (Å²) in [6.07, 6.45) is 1.40. The molecule has 1 spiro atoms. The predicted octanol–water partition coefficient (Wildman–Crippen LogP) is 2.79. The van der Waals surface area contributed by atoms with Crippen LogP contribution in [-0.4, -0.2) is 32.1 Å². The van der Waals surface area contributed by atoms with E-state index >= 15 is 0 Å². The van der Waals surface area contributed by atoms with E-state index in [0.717, 1.165) is 27.9 Å². The van der Waals surface area contributed by atoms with Gasteiger partial charge in [-0.2, -0.15) is 0 Å². The van der Waals surface area contributed by atoms with Crippen LogP contribution < -0.4 is 10.6 Å². The summed E-state index contributed by atoms with van der Waals surface area (Å²) in [5.74, 6) is -0.281. The normalized spacial score (nSPS) is 18.2. The zero-order chi connectivity index (χ0) is 18.5. The topological polar surface area (TPSA) is 72.6 Å². The standard InChI is InChI=1S/C21H22N2O3/c1-13-3-4-14(11-16(13)19(22)24)15-5-6-18-17(12-15)21(20(25)23(18)2)7-9-26-10-8-21/h3-6,11-12H,7-10H2,1-2H3,(H2,22,24). The minimum absolute atomic E-state index is 0.148. The second kappa shape index (κ2) is 5.95. The van der Waals surface area contributed by atoms with Gasteiger partial charge in [-0.15, -0.1) is 0 Å². The van der Waals surface area contributed by atoms with Crippen molar-refractivity contribution in [2.24, 2.45) is 5.73 Å². The molecule has 0 radical (unpaired) electrons. The minimum atomic E-state index is -0.491. The van der Waals surface area contributed by atoms with Crippen LogP contribution in [0.1, 0.15) is 34.3 Å². The zero-order valence-corrected chi connectivity index (χ0v) is 15.0. The summed E-state index contributed by atoms with van der Waals surface area (Å²) >= 11 is 0. The first-order valence-corrected chi connectivity index (χ1v) is 8.85. The van der Waals surface area contributed by atoms with E-state index in [-0.39, 0.29) is 5.91 Å². The highest BCUT2D eigenvalue weighted by Crippen LogP contribution is 2.48. The lowest BCUT2D eigenvalue weighted by Crippen LogP contribution is -2.42. The van der Waals surface area contributed by atoms with Crippen LogP contribution >= 0.6 is 0 Å². The molecule has 5 nitrogen and oxygen atoms in total. The molecule has 5 heteroatoms. The maximum Gasteiger partial charge on any atom is 0.248 e. The fourth-order valence-electron chi connectivity index (χ4n) is 4.21. The van der Waals surface area contributed by atoms with Gasteiger partial charge < -0.3 is 15.4 Å². The summed E-state index contributed by atoms with van der Waals surface area (Å²) in [6.45, 7) is 3.07. The number of fused-ring (bicyclic) bond motifs is 2. The summed E-state index contributed by atoms with van der Waals surface area (Å²) < 4.78 is 5.50. The Balaban J connectivity index is 1.84. The number of ether oxygens (including phenoxy) is 1. The Labute approximate surface area is 152 Å². The number of aryl methyl sites for hydroxylation is 1. The number of nitrogens with two attached hydrogens (primary N) is 1. The van der Waals surface area contributed by atoms with Crippen molar-refractivity contribution in [1.29, 1.82) is 0 Å². The first-order valence-electron chi connectivity index (χ1n) is 8.85. The molecule has 2 aromatic rings. The molecule has 134 valence electrons. The van der Waals surface area contributed by atoms with Gasteiger partial charge in [-0.1, -0.05) is 18.2 Å². The van der Waals surface area contributed by atoms with E-state index in [1.165, 1.54) is 0 Å². The third-order valence-corrected chi connectivity index (χ3v) is 5.77. The van der Waals surface area contributed by atoms with Gasteiger partial charge in [-0.05, 0) is 60.2 Å². The van der Waals surface area contributed by atoms with Crippen LogP contribution in [0.3, 0.4) is 0 Å². The molecule has 1 fully saturated rings. The number of rotatable bonds is 2. The van der Waals surface area contributed by atoms with E-state index in [1.54, 1.807) is 4.90 Å². The molecular weight excluding hydrogens is 328 g/mol. The van der Waals surface area contributed by atoms with Gasteiger partial charge in [0.15, 0.2) is 0 Å². The van der Waals surface area contributed by atoms with Crippen LogP contribution in [-0.2, 0) is 14.9 Å². The van der Waals surface area contributed by atoms with Crippen LogP contribution in [0.15, 0.2) is 36.4 Å². The van der Waals surface area contributed by atoms with Gasteiger partial charge in [0.1, 0.15) is 0 Å². The van der Waals surface area contributed by atoms with Crippen LogP contribution in [0.5, 0.6) is 0 Å². The number of amides is 2. The number of hydrogen-bond acceptors (Lipinski definition) is 3. The smallest absolute Gasteiger partial charge is 0.248 e. The second-order valence-electron chi connectivity index (χ2n) is 7.18. The highest BCUT2D eigenvalue weighted by Gasteiger charge is 2.50. The maximum atomic E-state index is 13.0. The Bertz CT molecular complexity index is 913. The molecule has 2 heterocycles. The monoisotopic (exact) mass is 350 g/mol. The van der Waals surface area contributed by atoms with E-state index in [2.05, 4.69) is 6.07 Å². The molecule has 2 amide bonds. The van der Waals surface area contributed by atoms with Crippen molar-refractivity contribution in [2.45, 2.75) is 25.2 Å². The van der Waals surface area contributed by atoms with E-state index in [4.69, 9.17) is 10.5 Å². The van der Waals surface area contributed by atoms with E-state index in [0.29, 0.717) is 31.6 Å². The molecule has 0 unspecified atom stereocenters. The second-order valence-corrected chi connectivity index (χ2v) is 7.18. The van der Waals surface area contributed by atoms with E-state index in [1.807, 2.05) is 44.3 Å². The van der Waals surface area contributed by atoms with Crippen molar-refractivity contribution in [3.05, 3.63) is 53.1 Å². The molecule has 0 aromatic heterocycles. The number of anilines is 1. The first kappa shape index (κ1) is 16.8. The summed E-state index contributed by atoms with van der Waals surface area (Å²) in [7, 11) is 1.84. The van der Waals surface area contributed by atoms with Crippen LogP contribution in [0.25, 0.3) is 11.1 Å². The molecule has 2 aromatic carbocycles. The van der Waals surface area contributed by atoms with E-state index in [9.17, 15) is 9.59 Å². The number of nitrogens with zero attached hydrogens (tertiary/aromatic N) is 1. The van der Waals surface area contributed by atoms with Gasteiger partial charge in [-0.3, -0.25) is 9.59 Å². The highest BCUT2D eigenvalue weighted by atomic mass is 16.5. The average Bonchev–Trinajstić information content (AvgIpc) is 2.85. The largest absolute Gasteiger partial charge is 0.381 e. The van der Waals surface area contributed by atoms with Crippen molar-refractivity contribution in [1.82, 2.24) is 0 Å². The Morgan fingerprint density at radius 3 is 2.46 bits per heavy atom. The molecule has 2 N–H and O–H groups in total.